The molecule has 0 unspecified atom stereocenters. The van der Waals surface area contributed by atoms with Crippen LogP contribution in [0.4, 0.5) is 0 Å². The maximum atomic E-state index is 10.6. The Morgan fingerprint density at radius 1 is 0.794 bits per heavy atom. The van der Waals surface area contributed by atoms with Crippen LogP contribution in [-0.4, -0.2) is 33.3 Å². The highest BCUT2D eigenvalue weighted by Crippen LogP contribution is 2.76. The van der Waals surface area contributed by atoms with E-state index in [0.29, 0.717) is 34.0 Å². The van der Waals surface area contributed by atoms with Gasteiger partial charge in [-0.05, 0) is 125 Å². The molecule has 4 saturated carbocycles. The van der Waals surface area contributed by atoms with Crippen molar-refractivity contribution in [3.63, 3.8) is 0 Å². The Kier molecular flexibility index (Phi) is 5.50. The van der Waals surface area contributed by atoms with Gasteiger partial charge in [-0.25, -0.2) is 0 Å². The van der Waals surface area contributed by atoms with Gasteiger partial charge in [-0.2, -0.15) is 0 Å². The van der Waals surface area contributed by atoms with Crippen molar-refractivity contribution in [3.8, 4) is 0 Å². The lowest BCUT2D eigenvalue weighted by molar-refractivity contribution is -0.201. The van der Waals surface area contributed by atoms with Crippen LogP contribution in [0.3, 0.4) is 0 Å². The third-order valence-electron chi connectivity index (χ3n) is 13.2. The maximum Gasteiger partial charge on any atom is 0.0865 e. The van der Waals surface area contributed by atoms with E-state index in [2.05, 4.69) is 46.7 Å². The summed E-state index contributed by atoms with van der Waals surface area (Å²) in [4.78, 5) is 0. The van der Waals surface area contributed by atoms with Gasteiger partial charge in [0.25, 0.3) is 0 Å². The number of hydrogen-bond acceptors (Lipinski definition) is 4. The van der Waals surface area contributed by atoms with Gasteiger partial charge < -0.3 is 15.1 Å². The first-order valence-electron chi connectivity index (χ1n) is 14.3. The summed E-state index contributed by atoms with van der Waals surface area (Å²) in [5.74, 6) is 2.65. The van der Waals surface area contributed by atoms with Gasteiger partial charge in [-0.15, -0.1) is 0 Å². The molecule has 194 valence electrons. The standard InChI is InChI=1S/C30H51NO3/c1-25(2)21-12-17-29(7)22(27(21,5)15-13-23(25)31-33)10-9-19-20(11-16-28(19,29)6)30(8)18-14-24(34-30)26(3,4)32/h19-22,24,32-33H,9-18H2,1-8H3/t19-,20+,21+,22-,24+,27+,28-,29-,30+/m1/s1. The normalized spacial score (nSPS) is 53.9. The Morgan fingerprint density at radius 2 is 1.47 bits per heavy atom. The molecule has 0 aromatic carbocycles. The summed E-state index contributed by atoms with van der Waals surface area (Å²) in [7, 11) is 0. The average molecular weight is 474 g/mol. The molecular formula is C30H51NO3. The Hall–Kier alpha value is -0.610. The monoisotopic (exact) mass is 473 g/mol. The molecule has 0 aromatic rings. The fourth-order valence-electron chi connectivity index (χ4n) is 11.1. The first kappa shape index (κ1) is 25.1. The molecule has 9 atom stereocenters. The molecule has 34 heavy (non-hydrogen) atoms. The lowest BCUT2D eigenvalue weighted by atomic mass is 9.35. The number of aliphatic hydroxyl groups is 1. The van der Waals surface area contributed by atoms with Crippen LogP contribution in [0.2, 0.25) is 0 Å². The van der Waals surface area contributed by atoms with E-state index in [4.69, 9.17) is 4.74 Å². The minimum atomic E-state index is -0.763. The van der Waals surface area contributed by atoms with Crippen LogP contribution in [0.15, 0.2) is 5.16 Å². The molecule has 0 bridgehead atoms. The number of rotatable bonds is 2. The molecular weight excluding hydrogens is 422 g/mol. The lowest BCUT2D eigenvalue weighted by Gasteiger charge is -2.69. The average Bonchev–Trinajstić information content (AvgIpc) is 3.30. The van der Waals surface area contributed by atoms with Crippen LogP contribution in [-0.2, 0) is 4.74 Å². The van der Waals surface area contributed by atoms with Gasteiger partial charge in [0, 0.05) is 5.41 Å². The molecule has 1 heterocycles. The minimum absolute atomic E-state index is 0.0175. The van der Waals surface area contributed by atoms with Crippen molar-refractivity contribution < 1.29 is 15.1 Å². The topological polar surface area (TPSA) is 62.1 Å². The van der Waals surface area contributed by atoms with Gasteiger partial charge in [-0.1, -0.05) is 39.8 Å². The van der Waals surface area contributed by atoms with E-state index in [-0.39, 0.29) is 17.1 Å². The van der Waals surface area contributed by atoms with Gasteiger partial charge in [0.1, 0.15) is 0 Å². The van der Waals surface area contributed by atoms with Gasteiger partial charge >= 0.3 is 0 Å². The van der Waals surface area contributed by atoms with Crippen LogP contribution in [0.1, 0.15) is 120 Å². The van der Waals surface area contributed by atoms with Crippen molar-refractivity contribution in [2.75, 3.05) is 0 Å². The molecule has 5 fully saturated rings. The largest absolute Gasteiger partial charge is 0.411 e. The Morgan fingerprint density at radius 3 is 2.09 bits per heavy atom. The zero-order valence-electron chi connectivity index (χ0n) is 23.2. The minimum Gasteiger partial charge on any atom is -0.411 e. The molecule has 0 aromatic heterocycles. The molecule has 0 radical (unpaired) electrons. The number of ether oxygens (including phenoxy) is 1. The number of oxime groups is 1. The van der Waals surface area contributed by atoms with Crippen molar-refractivity contribution in [2.24, 2.45) is 50.5 Å². The van der Waals surface area contributed by atoms with Crippen molar-refractivity contribution in [1.82, 2.24) is 0 Å². The highest BCUT2D eigenvalue weighted by molar-refractivity contribution is 5.90. The lowest BCUT2D eigenvalue weighted by Crippen LogP contribution is -2.63. The first-order chi connectivity index (χ1) is 15.6. The molecule has 4 aliphatic carbocycles. The SMILES string of the molecule is CC(C)(O)[C@@H]1CC[C@@](C)([C@H]2CC[C@]3(C)[C@@H]2CC[C@@H]2[C@@]4(C)CCC(=NO)C(C)(C)[C@@H]4CC[C@]23C)O1. The van der Waals surface area contributed by atoms with Gasteiger partial charge in [0.05, 0.1) is 23.0 Å². The Labute approximate surface area is 208 Å². The van der Waals surface area contributed by atoms with Crippen molar-refractivity contribution in [3.05, 3.63) is 0 Å². The van der Waals surface area contributed by atoms with E-state index in [1.54, 1.807) is 0 Å². The highest BCUT2D eigenvalue weighted by Gasteiger charge is 2.69. The molecule has 5 rings (SSSR count). The zero-order chi connectivity index (χ0) is 24.9. The number of hydrogen-bond donors (Lipinski definition) is 2. The molecule has 2 N–H and O–H groups in total. The van der Waals surface area contributed by atoms with E-state index in [0.717, 1.165) is 30.9 Å². The summed E-state index contributed by atoms with van der Waals surface area (Å²) in [5, 5.41) is 24.2. The van der Waals surface area contributed by atoms with E-state index < -0.39 is 5.60 Å². The van der Waals surface area contributed by atoms with E-state index in [1.807, 2.05) is 13.8 Å². The van der Waals surface area contributed by atoms with Crippen LogP contribution < -0.4 is 0 Å². The summed E-state index contributed by atoms with van der Waals surface area (Å²) in [6.07, 6.45) is 11.9. The maximum absolute atomic E-state index is 10.6. The smallest absolute Gasteiger partial charge is 0.0865 e. The number of fused-ring (bicyclic) bond motifs is 5. The summed E-state index contributed by atoms with van der Waals surface area (Å²) >= 11 is 0. The van der Waals surface area contributed by atoms with Gasteiger partial charge in [0.2, 0.25) is 0 Å². The van der Waals surface area contributed by atoms with Crippen LogP contribution in [0.25, 0.3) is 0 Å². The van der Waals surface area contributed by atoms with Gasteiger partial charge in [-0.3, -0.25) is 0 Å². The second-order valence-electron chi connectivity index (χ2n) is 15.2. The van der Waals surface area contributed by atoms with Crippen LogP contribution in [0, 0.1) is 45.3 Å². The fraction of sp³-hybridized carbons (Fsp3) is 0.967. The quantitative estimate of drug-likeness (QED) is 0.329. The van der Waals surface area contributed by atoms with E-state index in [9.17, 15) is 10.3 Å². The summed E-state index contributed by atoms with van der Waals surface area (Å²) in [5.41, 5.74) is 1.16. The summed E-state index contributed by atoms with van der Waals surface area (Å²) < 4.78 is 6.73. The molecule has 4 heteroatoms. The van der Waals surface area contributed by atoms with Crippen molar-refractivity contribution in [2.45, 2.75) is 137 Å². The van der Waals surface area contributed by atoms with E-state index >= 15 is 0 Å². The Balaban J connectivity index is 1.44. The van der Waals surface area contributed by atoms with Crippen LogP contribution >= 0.6 is 0 Å². The van der Waals surface area contributed by atoms with Crippen molar-refractivity contribution in [1.29, 1.82) is 0 Å². The highest BCUT2D eigenvalue weighted by atomic mass is 16.5. The molecule has 0 amide bonds. The predicted octanol–water partition coefficient (Wildman–Crippen LogP) is 7.21. The third-order valence-corrected chi connectivity index (χ3v) is 13.2. The second kappa shape index (κ2) is 7.46. The Bertz CT molecular complexity index is 860. The first-order valence-corrected chi connectivity index (χ1v) is 14.3. The van der Waals surface area contributed by atoms with E-state index in [1.165, 1.54) is 44.9 Å². The number of nitrogens with zero attached hydrogens (tertiary/aromatic N) is 1. The zero-order valence-corrected chi connectivity index (χ0v) is 23.2. The molecule has 0 spiro atoms. The fourth-order valence-corrected chi connectivity index (χ4v) is 11.1. The third kappa shape index (κ3) is 3.12. The predicted molar refractivity (Wildman–Crippen MR) is 137 cm³/mol. The molecule has 1 saturated heterocycles. The molecule has 4 nitrogen and oxygen atoms in total. The van der Waals surface area contributed by atoms with Crippen LogP contribution in [0.5, 0.6) is 0 Å². The molecule has 5 aliphatic rings. The summed E-state index contributed by atoms with van der Waals surface area (Å²) in [6.45, 7) is 18.8. The molecule has 1 aliphatic heterocycles. The van der Waals surface area contributed by atoms with Crippen molar-refractivity contribution >= 4 is 5.71 Å². The van der Waals surface area contributed by atoms with Gasteiger partial charge in [0.15, 0.2) is 0 Å². The second-order valence-corrected chi connectivity index (χ2v) is 15.2. The summed E-state index contributed by atoms with van der Waals surface area (Å²) in [6, 6.07) is 0.